The number of hydrogen-bond donors (Lipinski definition) is 1. The third kappa shape index (κ3) is 2.88. The van der Waals surface area contributed by atoms with E-state index in [-0.39, 0.29) is 23.7 Å². The van der Waals surface area contributed by atoms with Crippen LogP contribution in [-0.2, 0) is 21.4 Å². The van der Waals surface area contributed by atoms with Gasteiger partial charge in [-0.3, -0.25) is 0 Å². The topological polar surface area (TPSA) is 66.8 Å². The minimum atomic E-state index is -3.55. The van der Waals surface area contributed by atoms with Gasteiger partial charge in [0.25, 0.3) is 0 Å². The Morgan fingerprint density at radius 1 is 1.30 bits per heavy atom. The lowest BCUT2D eigenvalue weighted by molar-refractivity contribution is -0.0441. The maximum absolute atomic E-state index is 12.8. The number of ether oxygens (including phenoxy) is 1. The van der Waals surface area contributed by atoms with Gasteiger partial charge in [0.1, 0.15) is 0 Å². The zero-order valence-corrected chi connectivity index (χ0v) is 12.9. The van der Waals surface area contributed by atoms with Crippen molar-refractivity contribution in [2.24, 2.45) is 0 Å². The standard InChI is InChI=1S/C14H21NO4S/c1-10-7-15(8-11(2)19-10)20(17,18)14-6-4-5-13(9-16)12(14)3/h4-6,10-11,16H,7-9H2,1-3H3/t10-,11+. The molecule has 2 atom stereocenters. The molecule has 1 N–H and O–H groups in total. The summed E-state index contributed by atoms with van der Waals surface area (Å²) in [6, 6.07) is 4.99. The molecule has 2 rings (SSSR count). The first kappa shape index (κ1) is 15.4. The van der Waals surface area contributed by atoms with Crippen molar-refractivity contribution < 1.29 is 18.3 Å². The molecule has 0 aromatic heterocycles. The number of aliphatic hydroxyl groups is 1. The first-order chi connectivity index (χ1) is 9.36. The van der Waals surface area contributed by atoms with Crippen LogP contribution >= 0.6 is 0 Å². The van der Waals surface area contributed by atoms with E-state index in [1.54, 1.807) is 25.1 Å². The van der Waals surface area contributed by atoms with Gasteiger partial charge in [-0.2, -0.15) is 4.31 Å². The highest BCUT2D eigenvalue weighted by atomic mass is 32.2. The van der Waals surface area contributed by atoms with E-state index in [0.717, 1.165) is 0 Å². The van der Waals surface area contributed by atoms with Crippen molar-refractivity contribution in [1.29, 1.82) is 0 Å². The number of morpholine rings is 1. The molecular weight excluding hydrogens is 278 g/mol. The second-order valence-electron chi connectivity index (χ2n) is 5.28. The summed E-state index contributed by atoms with van der Waals surface area (Å²) in [6.45, 7) is 6.02. The Morgan fingerprint density at radius 3 is 2.45 bits per heavy atom. The third-order valence-corrected chi connectivity index (χ3v) is 5.55. The monoisotopic (exact) mass is 299 g/mol. The van der Waals surface area contributed by atoms with Gasteiger partial charge in [0.05, 0.1) is 23.7 Å². The fourth-order valence-corrected chi connectivity index (χ4v) is 4.44. The summed E-state index contributed by atoms with van der Waals surface area (Å²) in [5.41, 5.74) is 1.25. The van der Waals surface area contributed by atoms with Crippen LogP contribution in [0.3, 0.4) is 0 Å². The van der Waals surface area contributed by atoms with E-state index >= 15 is 0 Å². The van der Waals surface area contributed by atoms with E-state index in [9.17, 15) is 13.5 Å². The first-order valence-electron chi connectivity index (χ1n) is 6.71. The van der Waals surface area contributed by atoms with E-state index in [1.165, 1.54) is 4.31 Å². The smallest absolute Gasteiger partial charge is 0.243 e. The lowest BCUT2D eigenvalue weighted by Crippen LogP contribution is -2.48. The van der Waals surface area contributed by atoms with Gasteiger partial charge < -0.3 is 9.84 Å². The normalized spacial score (nSPS) is 24.8. The van der Waals surface area contributed by atoms with Crippen molar-refractivity contribution in [1.82, 2.24) is 4.31 Å². The van der Waals surface area contributed by atoms with Crippen LogP contribution in [0.5, 0.6) is 0 Å². The molecule has 0 amide bonds. The van der Waals surface area contributed by atoms with Crippen LogP contribution in [0.1, 0.15) is 25.0 Å². The van der Waals surface area contributed by atoms with Crippen LogP contribution in [0.4, 0.5) is 0 Å². The maximum atomic E-state index is 12.8. The molecule has 0 saturated carbocycles. The highest BCUT2D eigenvalue weighted by molar-refractivity contribution is 7.89. The van der Waals surface area contributed by atoms with E-state index in [4.69, 9.17) is 4.74 Å². The summed E-state index contributed by atoms with van der Waals surface area (Å²) in [5.74, 6) is 0. The zero-order chi connectivity index (χ0) is 14.9. The van der Waals surface area contributed by atoms with Crippen LogP contribution < -0.4 is 0 Å². The van der Waals surface area contributed by atoms with Gasteiger partial charge in [0, 0.05) is 13.1 Å². The van der Waals surface area contributed by atoms with Gasteiger partial charge in [-0.05, 0) is 38.0 Å². The second kappa shape index (κ2) is 5.81. The molecule has 1 aromatic rings. The van der Waals surface area contributed by atoms with Gasteiger partial charge in [-0.1, -0.05) is 12.1 Å². The summed E-state index contributed by atoms with van der Waals surface area (Å²) in [6.07, 6.45) is -0.232. The molecule has 0 aliphatic carbocycles. The molecule has 20 heavy (non-hydrogen) atoms. The molecule has 112 valence electrons. The fraction of sp³-hybridized carbons (Fsp3) is 0.571. The number of rotatable bonds is 3. The second-order valence-corrected chi connectivity index (χ2v) is 7.18. The van der Waals surface area contributed by atoms with Crippen molar-refractivity contribution in [3.8, 4) is 0 Å². The van der Waals surface area contributed by atoms with Crippen molar-refractivity contribution in [2.75, 3.05) is 13.1 Å². The van der Waals surface area contributed by atoms with Gasteiger partial charge in [0.15, 0.2) is 0 Å². The number of hydrogen-bond acceptors (Lipinski definition) is 4. The number of sulfonamides is 1. The number of nitrogens with zero attached hydrogens (tertiary/aromatic N) is 1. The lowest BCUT2D eigenvalue weighted by atomic mass is 10.1. The number of aliphatic hydroxyl groups excluding tert-OH is 1. The Morgan fingerprint density at radius 2 is 1.90 bits per heavy atom. The molecule has 1 aliphatic heterocycles. The van der Waals surface area contributed by atoms with Crippen LogP contribution in [-0.4, -0.2) is 43.1 Å². The summed E-state index contributed by atoms with van der Waals surface area (Å²) in [5, 5.41) is 9.27. The minimum Gasteiger partial charge on any atom is -0.392 e. The SMILES string of the molecule is Cc1c(CO)cccc1S(=O)(=O)N1C[C@@H](C)O[C@@H](C)C1. The Hall–Kier alpha value is -0.950. The predicted octanol–water partition coefficient (Wildman–Crippen LogP) is 1.29. The van der Waals surface area contributed by atoms with Crippen molar-refractivity contribution in [3.63, 3.8) is 0 Å². The van der Waals surface area contributed by atoms with E-state index < -0.39 is 10.0 Å². The Bertz CT molecular complexity index is 575. The van der Waals surface area contributed by atoms with E-state index in [2.05, 4.69) is 0 Å². The molecule has 1 fully saturated rings. The molecule has 0 unspecified atom stereocenters. The Balaban J connectivity index is 2.40. The van der Waals surface area contributed by atoms with Crippen LogP contribution in [0.2, 0.25) is 0 Å². The molecule has 0 radical (unpaired) electrons. The minimum absolute atomic E-state index is 0.116. The Kier molecular flexibility index (Phi) is 4.49. The molecular formula is C14H21NO4S. The summed E-state index contributed by atoms with van der Waals surface area (Å²) < 4.78 is 32.6. The highest BCUT2D eigenvalue weighted by Gasteiger charge is 2.33. The molecule has 1 heterocycles. The van der Waals surface area contributed by atoms with Crippen molar-refractivity contribution in [3.05, 3.63) is 29.3 Å². The lowest BCUT2D eigenvalue weighted by Gasteiger charge is -2.34. The molecule has 0 spiro atoms. The molecule has 1 aliphatic rings. The molecule has 1 saturated heterocycles. The fourth-order valence-electron chi connectivity index (χ4n) is 2.58. The average molecular weight is 299 g/mol. The molecule has 5 nitrogen and oxygen atoms in total. The average Bonchev–Trinajstić information content (AvgIpc) is 2.37. The summed E-state index contributed by atoms with van der Waals surface area (Å²) in [7, 11) is -3.55. The van der Waals surface area contributed by atoms with Crippen molar-refractivity contribution >= 4 is 10.0 Å². The Labute approximate surface area is 120 Å². The van der Waals surface area contributed by atoms with Crippen molar-refractivity contribution in [2.45, 2.75) is 44.5 Å². The van der Waals surface area contributed by atoms with Crippen LogP contribution in [0, 0.1) is 6.92 Å². The van der Waals surface area contributed by atoms with Gasteiger partial charge in [0.2, 0.25) is 10.0 Å². The highest BCUT2D eigenvalue weighted by Crippen LogP contribution is 2.25. The number of benzene rings is 1. The van der Waals surface area contributed by atoms with Gasteiger partial charge in [-0.25, -0.2) is 8.42 Å². The van der Waals surface area contributed by atoms with E-state index in [1.807, 2.05) is 13.8 Å². The quantitative estimate of drug-likeness (QED) is 0.913. The summed E-state index contributed by atoms with van der Waals surface area (Å²) in [4.78, 5) is 0.269. The largest absolute Gasteiger partial charge is 0.392 e. The van der Waals surface area contributed by atoms with Gasteiger partial charge in [-0.15, -0.1) is 0 Å². The van der Waals surface area contributed by atoms with E-state index in [0.29, 0.717) is 24.2 Å². The maximum Gasteiger partial charge on any atom is 0.243 e. The zero-order valence-electron chi connectivity index (χ0n) is 12.0. The predicted molar refractivity (Wildman–Crippen MR) is 75.9 cm³/mol. The molecule has 1 aromatic carbocycles. The van der Waals surface area contributed by atoms with Gasteiger partial charge >= 0.3 is 0 Å². The summed E-state index contributed by atoms with van der Waals surface area (Å²) >= 11 is 0. The molecule has 6 heteroatoms. The first-order valence-corrected chi connectivity index (χ1v) is 8.15. The molecule has 0 bridgehead atoms. The van der Waals surface area contributed by atoms with Crippen LogP contribution in [0.25, 0.3) is 0 Å². The van der Waals surface area contributed by atoms with Crippen LogP contribution in [0.15, 0.2) is 23.1 Å². The third-order valence-electron chi connectivity index (χ3n) is 3.57.